The number of aromatic nitrogens is 3. The van der Waals surface area contributed by atoms with E-state index in [9.17, 15) is 4.39 Å². The van der Waals surface area contributed by atoms with Crippen LogP contribution in [0.5, 0.6) is 11.6 Å². The Hall–Kier alpha value is -3.10. The van der Waals surface area contributed by atoms with Crippen LogP contribution in [0, 0.1) is 11.2 Å². The number of pyridine rings is 1. The predicted molar refractivity (Wildman–Crippen MR) is 105 cm³/mol. The first-order valence-corrected chi connectivity index (χ1v) is 9.43. The highest BCUT2D eigenvalue weighted by Gasteiger charge is 2.20. The molecule has 3 aromatic rings. The Morgan fingerprint density at radius 1 is 1.28 bits per heavy atom. The van der Waals surface area contributed by atoms with Crippen LogP contribution in [0.1, 0.15) is 31.1 Å². The molecule has 4 rings (SSSR count). The van der Waals surface area contributed by atoms with Crippen LogP contribution in [0.15, 0.2) is 48.8 Å². The molecule has 0 aliphatic carbocycles. The average molecular weight is 396 g/mol. The Kier molecular flexibility index (Phi) is 5.64. The lowest BCUT2D eigenvalue weighted by atomic mass is 10.1. The highest BCUT2D eigenvalue weighted by molar-refractivity contribution is 5.99. The van der Waals surface area contributed by atoms with E-state index < -0.39 is 5.82 Å². The molecule has 1 saturated heterocycles. The Labute approximate surface area is 167 Å². The smallest absolute Gasteiger partial charge is 0.255 e. The Morgan fingerprint density at radius 2 is 2.10 bits per heavy atom. The molecule has 1 aromatic carbocycles. The molecule has 1 aliphatic heterocycles. The number of rotatable bonds is 6. The molecule has 0 spiro atoms. The largest absolute Gasteiger partial charge is 0.436 e. The van der Waals surface area contributed by atoms with Crippen LogP contribution in [0.4, 0.5) is 4.39 Å². The molecule has 1 aliphatic rings. The molecule has 0 radical (unpaired) electrons. The van der Waals surface area contributed by atoms with E-state index in [1.54, 1.807) is 41.3 Å². The first-order valence-electron chi connectivity index (χ1n) is 9.43. The number of hydrogen-bond donors (Lipinski definition) is 2. The fraction of sp³-hybridized carbons (Fsp3) is 0.286. The van der Waals surface area contributed by atoms with Gasteiger partial charge in [0.15, 0.2) is 12.0 Å². The molecule has 150 valence electrons. The molecular formula is C21H21FN4O3. The number of hydrogen-bond acceptors (Lipinski definition) is 6. The van der Waals surface area contributed by atoms with Crippen molar-refractivity contribution in [3.8, 4) is 22.9 Å². The van der Waals surface area contributed by atoms with E-state index in [2.05, 4.69) is 10.1 Å². The van der Waals surface area contributed by atoms with Crippen molar-refractivity contribution in [2.75, 3.05) is 13.2 Å². The Bertz CT molecular complexity index is 997. The van der Waals surface area contributed by atoms with Crippen LogP contribution < -0.4 is 4.74 Å². The lowest BCUT2D eigenvalue weighted by Crippen LogP contribution is -2.19. The van der Waals surface area contributed by atoms with Gasteiger partial charge in [0.1, 0.15) is 5.75 Å². The molecule has 1 atom stereocenters. The summed E-state index contributed by atoms with van der Waals surface area (Å²) in [6, 6.07) is 9.64. The molecule has 7 nitrogen and oxygen atoms in total. The van der Waals surface area contributed by atoms with Gasteiger partial charge in [0.05, 0.1) is 18.0 Å². The van der Waals surface area contributed by atoms with Gasteiger partial charge >= 0.3 is 0 Å². The van der Waals surface area contributed by atoms with Crippen molar-refractivity contribution < 1.29 is 19.0 Å². The summed E-state index contributed by atoms with van der Waals surface area (Å²) >= 11 is 0. The van der Waals surface area contributed by atoms with Gasteiger partial charge in [0, 0.05) is 24.6 Å². The van der Waals surface area contributed by atoms with Crippen LogP contribution in [0.2, 0.25) is 0 Å². The van der Waals surface area contributed by atoms with E-state index >= 15 is 0 Å². The summed E-state index contributed by atoms with van der Waals surface area (Å²) in [5.74, 6) is -0.343. The SMILES string of the molecule is N=C(CO)c1ccc(Oc2ncc(-c3ccnn3C3CCCCO3)cc2F)cc1. The number of aliphatic hydroxyl groups is 1. The summed E-state index contributed by atoms with van der Waals surface area (Å²) in [6.07, 6.45) is 6.04. The fourth-order valence-electron chi connectivity index (χ4n) is 3.26. The van der Waals surface area contributed by atoms with Gasteiger partial charge in [-0.05, 0) is 61.2 Å². The first kappa shape index (κ1) is 19.2. The minimum Gasteiger partial charge on any atom is -0.436 e. The zero-order chi connectivity index (χ0) is 20.2. The summed E-state index contributed by atoms with van der Waals surface area (Å²) in [5, 5.41) is 21.0. The second-order valence-electron chi connectivity index (χ2n) is 6.76. The normalized spacial score (nSPS) is 16.6. The van der Waals surface area contributed by atoms with E-state index in [4.69, 9.17) is 20.0 Å². The molecule has 0 saturated carbocycles. The molecule has 2 N–H and O–H groups in total. The number of halogens is 1. The van der Waals surface area contributed by atoms with Crippen LogP contribution in [-0.2, 0) is 4.74 Å². The zero-order valence-corrected chi connectivity index (χ0v) is 15.7. The van der Waals surface area contributed by atoms with E-state index in [0.717, 1.165) is 25.0 Å². The minimum absolute atomic E-state index is 0.101. The third-order valence-electron chi connectivity index (χ3n) is 4.78. The molecule has 1 unspecified atom stereocenters. The molecule has 2 aromatic heterocycles. The van der Waals surface area contributed by atoms with Crippen molar-refractivity contribution in [2.24, 2.45) is 0 Å². The monoisotopic (exact) mass is 396 g/mol. The molecular weight excluding hydrogens is 375 g/mol. The van der Waals surface area contributed by atoms with Gasteiger partial charge in [-0.25, -0.2) is 14.1 Å². The van der Waals surface area contributed by atoms with Crippen molar-refractivity contribution in [1.82, 2.24) is 14.8 Å². The number of aliphatic hydroxyl groups excluding tert-OH is 1. The van der Waals surface area contributed by atoms with Crippen LogP contribution in [0.3, 0.4) is 0 Å². The number of nitrogens with zero attached hydrogens (tertiary/aromatic N) is 3. The second kappa shape index (κ2) is 8.50. The van der Waals surface area contributed by atoms with Gasteiger partial charge < -0.3 is 20.0 Å². The van der Waals surface area contributed by atoms with Crippen molar-refractivity contribution in [2.45, 2.75) is 25.5 Å². The third kappa shape index (κ3) is 4.18. The van der Waals surface area contributed by atoms with Gasteiger partial charge in [-0.1, -0.05) is 0 Å². The summed E-state index contributed by atoms with van der Waals surface area (Å²) < 4.78 is 27.7. The standard InChI is InChI=1S/C21H21FN4O3/c22-17-11-15(19-8-9-25-26(19)20-3-1-2-10-28-20)12-24-21(17)29-16-6-4-14(5-7-16)18(23)13-27/h4-9,11-12,20,23,27H,1-3,10,13H2. The third-order valence-corrected chi connectivity index (χ3v) is 4.78. The molecule has 29 heavy (non-hydrogen) atoms. The highest BCUT2D eigenvalue weighted by Crippen LogP contribution is 2.30. The van der Waals surface area contributed by atoms with Crippen molar-refractivity contribution in [3.63, 3.8) is 0 Å². The zero-order valence-electron chi connectivity index (χ0n) is 15.7. The lowest BCUT2D eigenvalue weighted by Gasteiger charge is -2.24. The van der Waals surface area contributed by atoms with E-state index in [1.165, 1.54) is 6.07 Å². The summed E-state index contributed by atoms with van der Waals surface area (Å²) in [6.45, 7) is 0.347. The number of ether oxygens (including phenoxy) is 2. The van der Waals surface area contributed by atoms with Crippen LogP contribution in [0.25, 0.3) is 11.3 Å². The van der Waals surface area contributed by atoms with Crippen molar-refractivity contribution in [3.05, 3.63) is 60.2 Å². The molecule has 0 bridgehead atoms. The fourth-order valence-corrected chi connectivity index (χ4v) is 3.26. The van der Waals surface area contributed by atoms with Gasteiger partial charge in [0.25, 0.3) is 5.88 Å². The van der Waals surface area contributed by atoms with Crippen LogP contribution in [-0.4, -0.2) is 38.8 Å². The quantitative estimate of drug-likeness (QED) is 0.616. The highest BCUT2D eigenvalue weighted by atomic mass is 19.1. The molecule has 1 fully saturated rings. The maximum Gasteiger partial charge on any atom is 0.255 e. The van der Waals surface area contributed by atoms with E-state index in [0.29, 0.717) is 23.5 Å². The van der Waals surface area contributed by atoms with Crippen molar-refractivity contribution >= 4 is 5.71 Å². The Morgan fingerprint density at radius 3 is 2.79 bits per heavy atom. The molecule has 0 amide bonds. The average Bonchev–Trinajstić information content (AvgIpc) is 3.26. The van der Waals surface area contributed by atoms with Gasteiger partial charge in [-0.2, -0.15) is 5.10 Å². The number of benzene rings is 1. The predicted octanol–water partition coefficient (Wildman–Crippen LogP) is 3.94. The van der Waals surface area contributed by atoms with Crippen LogP contribution >= 0.6 is 0 Å². The maximum absolute atomic E-state index is 14.6. The maximum atomic E-state index is 14.6. The van der Waals surface area contributed by atoms with Gasteiger partial charge in [-0.15, -0.1) is 0 Å². The first-order chi connectivity index (χ1) is 14.2. The van der Waals surface area contributed by atoms with Gasteiger partial charge in [-0.3, -0.25) is 0 Å². The van der Waals surface area contributed by atoms with E-state index in [-0.39, 0.29) is 24.4 Å². The summed E-state index contributed by atoms with van der Waals surface area (Å²) in [5.41, 5.74) is 2.00. The minimum atomic E-state index is -0.591. The van der Waals surface area contributed by atoms with E-state index in [1.807, 2.05) is 6.07 Å². The number of nitrogens with one attached hydrogen (secondary N) is 1. The lowest BCUT2D eigenvalue weighted by molar-refractivity contribution is -0.0383. The topological polar surface area (TPSA) is 93.3 Å². The van der Waals surface area contributed by atoms with Gasteiger partial charge in [0.2, 0.25) is 0 Å². The summed E-state index contributed by atoms with van der Waals surface area (Å²) in [4.78, 5) is 4.13. The second-order valence-corrected chi connectivity index (χ2v) is 6.76. The summed E-state index contributed by atoms with van der Waals surface area (Å²) in [7, 11) is 0. The van der Waals surface area contributed by atoms with Crippen molar-refractivity contribution in [1.29, 1.82) is 5.41 Å². The molecule has 3 heterocycles. The molecule has 8 heteroatoms. The Balaban J connectivity index is 1.53.